The smallest absolute Gasteiger partial charge is 0.264 e. The Morgan fingerprint density at radius 1 is 1.03 bits per heavy atom. The molecule has 0 radical (unpaired) electrons. The molecule has 8 nitrogen and oxygen atoms in total. The van der Waals surface area contributed by atoms with Crippen LogP contribution in [0.2, 0.25) is 0 Å². The predicted octanol–water partition coefficient (Wildman–Crippen LogP) is 4.51. The number of carbonyl (C=O) groups excluding carboxylic acids is 2. The second kappa shape index (κ2) is 12.9. The lowest BCUT2D eigenvalue weighted by atomic mass is 10.1. The molecular formula is C28H32BrN3O5S. The van der Waals surface area contributed by atoms with Crippen molar-refractivity contribution in [3.63, 3.8) is 0 Å². The predicted molar refractivity (Wildman–Crippen MR) is 152 cm³/mol. The number of rotatable bonds is 11. The number of methoxy groups -OCH3 is 1. The third-order valence-electron chi connectivity index (χ3n) is 5.97. The minimum atomic E-state index is -4.17. The molecule has 0 heterocycles. The van der Waals surface area contributed by atoms with Crippen LogP contribution >= 0.6 is 15.9 Å². The van der Waals surface area contributed by atoms with Crippen LogP contribution in [-0.4, -0.2) is 51.4 Å². The van der Waals surface area contributed by atoms with Gasteiger partial charge in [0.15, 0.2) is 0 Å². The van der Waals surface area contributed by atoms with Gasteiger partial charge in [-0.05, 0) is 68.3 Å². The molecule has 0 aliphatic rings. The molecule has 0 aliphatic heterocycles. The number of benzene rings is 3. The van der Waals surface area contributed by atoms with Crippen molar-refractivity contribution in [3.8, 4) is 5.75 Å². The molecular weight excluding hydrogens is 570 g/mol. The molecule has 2 amide bonds. The highest BCUT2D eigenvalue weighted by Crippen LogP contribution is 2.33. The van der Waals surface area contributed by atoms with Gasteiger partial charge in [0.2, 0.25) is 11.8 Å². The fourth-order valence-electron chi connectivity index (χ4n) is 3.96. The molecule has 3 aromatic carbocycles. The van der Waals surface area contributed by atoms with Gasteiger partial charge >= 0.3 is 0 Å². The minimum absolute atomic E-state index is 0.0340. The molecule has 3 aromatic rings. The fraction of sp³-hybridized carbons (Fsp3) is 0.286. The number of hydrogen-bond donors (Lipinski definition) is 1. The molecule has 0 aromatic heterocycles. The summed E-state index contributed by atoms with van der Waals surface area (Å²) >= 11 is 3.44. The molecule has 10 heteroatoms. The van der Waals surface area contributed by atoms with Crippen LogP contribution in [0.3, 0.4) is 0 Å². The summed E-state index contributed by atoms with van der Waals surface area (Å²) in [6.45, 7) is 5.23. The van der Waals surface area contributed by atoms with Crippen molar-refractivity contribution in [3.05, 3.63) is 88.4 Å². The first-order chi connectivity index (χ1) is 18.1. The van der Waals surface area contributed by atoms with Gasteiger partial charge in [-0.1, -0.05) is 52.3 Å². The Kier molecular flexibility index (Phi) is 9.93. The van der Waals surface area contributed by atoms with E-state index in [9.17, 15) is 18.0 Å². The normalized spacial score (nSPS) is 11.9. The quantitative estimate of drug-likeness (QED) is 0.349. The van der Waals surface area contributed by atoms with E-state index in [2.05, 4.69) is 21.2 Å². The summed E-state index contributed by atoms with van der Waals surface area (Å²) in [6, 6.07) is 19.6. The van der Waals surface area contributed by atoms with E-state index in [0.29, 0.717) is 12.3 Å². The number of ether oxygens (including phenoxy) is 1. The summed E-state index contributed by atoms with van der Waals surface area (Å²) in [5, 5.41) is 2.75. The van der Waals surface area contributed by atoms with Crippen molar-refractivity contribution >= 4 is 43.5 Å². The van der Waals surface area contributed by atoms with Crippen molar-refractivity contribution in [2.45, 2.75) is 38.3 Å². The zero-order valence-corrected chi connectivity index (χ0v) is 24.3. The third kappa shape index (κ3) is 6.93. The Morgan fingerprint density at radius 3 is 2.37 bits per heavy atom. The molecule has 0 bridgehead atoms. The van der Waals surface area contributed by atoms with Crippen LogP contribution < -0.4 is 14.4 Å². The number of halogens is 1. The fourth-order valence-corrected chi connectivity index (χ4v) is 5.85. The van der Waals surface area contributed by atoms with E-state index in [1.54, 1.807) is 50.2 Å². The first-order valence-electron chi connectivity index (χ1n) is 12.1. The Morgan fingerprint density at radius 2 is 1.74 bits per heavy atom. The SMILES string of the molecule is CCNC(=O)C(C)N(Cc1cccc(Br)c1)C(=O)CN(c1cc(C)ccc1OC)S(=O)(=O)c1ccccc1. The van der Waals surface area contributed by atoms with Crippen LogP contribution in [0.1, 0.15) is 25.0 Å². The summed E-state index contributed by atoms with van der Waals surface area (Å²) in [6.07, 6.45) is 0. The number of nitrogens with one attached hydrogen (secondary N) is 1. The van der Waals surface area contributed by atoms with Crippen molar-refractivity contribution < 1.29 is 22.7 Å². The number of hydrogen-bond acceptors (Lipinski definition) is 5. The van der Waals surface area contributed by atoms with Crippen LogP contribution in [0.5, 0.6) is 5.75 Å². The lowest BCUT2D eigenvalue weighted by Gasteiger charge is -2.32. The van der Waals surface area contributed by atoms with Crippen LogP contribution in [0, 0.1) is 6.92 Å². The molecule has 0 aliphatic carbocycles. The maximum absolute atomic E-state index is 13.9. The standard InChI is InChI=1S/C28H32BrN3O5S/c1-5-30-28(34)21(3)31(18-22-10-9-11-23(29)17-22)27(33)19-32(25-16-20(2)14-15-26(25)37-4)38(35,36)24-12-7-6-8-13-24/h6-17,21H,5,18-19H2,1-4H3,(H,30,34). The number of carbonyl (C=O) groups is 2. The van der Waals surface area contributed by atoms with Gasteiger partial charge < -0.3 is 15.0 Å². The molecule has 1 N–H and O–H groups in total. The maximum Gasteiger partial charge on any atom is 0.264 e. The van der Waals surface area contributed by atoms with E-state index in [1.807, 2.05) is 31.2 Å². The second-order valence-corrected chi connectivity index (χ2v) is 11.5. The largest absolute Gasteiger partial charge is 0.495 e. The maximum atomic E-state index is 13.9. The Balaban J connectivity index is 2.09. The third-order valence-corrected chi connectivity index (χ3v) is 8.24. The topological polar surface area (TPSA) is 96.0 Å². The van der Waals surface area contributed by atoms with Crippen molar-refractivity contribution in [1.82, 2.24) is 10.2 Å². The highest BCUT2D eigenvalue weighted by Gasteiger charge is 2.33. The second-order valence-electron chi connectivity index (χ2n) is 8.72. The monoisotopic (exact) mass is 601 g/mol. The van der Waals surface area contributed by atoms with Gasteiger partial charge in [0.25, 0.3) is 10.0 Å². The number of aryl methyl sites for hydroxylation is 1. The molecule has 0 saturated heterocycles. The molecule has 0 saturated carbocycles. The summed E-state index contributed by atoms with van der Waals surface area (Å²) in [7, 11) is -2.73. The van der Waals surface area contributed by atoms with Crippen LogP contribution in [-0.2, 0) is 26.2 Å². The van der Waals surface area contributed by atoms with E-state index in [-0.39, 0.29) is 23.0 Å². The number of likely N-dealkylation sites (N-methyl/N-ethyl adjacent to an activating group) is 1. The number of sulfonamides is 1. The zero-order chi connectivity index (χ0) is 27.9. The Bertz CT molecular complexity index is 1380. The lowest BCUT2D eigenvalue weighted by Crippen LogP contribution is -2.51. The van der Waals surface area contributed by atoms with E-state index in [0.717, 1.165) is 19.9 Å². The summed E-state index contributed by atoms with van der Waals surface area (Å²) in [5.74, 6) is -0.563. The van der Waals surface area contributed by atoms with Crippen LogP contribution in [0.4, 0.5) is 5.69 Å². The summed E-state index contributed by atoms with van der Waals surface area (Å²) in [5.41, 5.74) is 1.82. The number of nitrogens with zero attached hydrogens (tertiary/aromatic N) is 2. The van der Waals surface area contributed by atoms with Gasteiger partial charge in [-0.25, -0.2) is 8.42 Å². The molecule has 38 heavy (non-hydrogen) atoms. The van der Waals surface area contributed by atoms with Crippen molar-refractivity contribution in [1.29, 1.82) is 0 Å². The molecule has 202 valence electrons. The Hall–Kier alpha value is -3.37. The zero-order valence-electron chi connectivity index (χ0n) is 21.8. The van der Waals surface area contributed by atoms with Crippen LogP contribution in [0.15, 0.2) is 82.2 Å². The highest BCUT2D eigenvalue weighted by atomic mass is 79.9. The molecule has 0 fully saturated rings. The molecule has 0 spiro atoms. The molecule has 3 rings (SSSR count). The van der Waals surface area contributed by atoms with Gasteiger partial charge in [0.05, 0.1) is 17.7 Å². The first-order valence-corrected chi connectivity index (χ1v) is 14.4. The summed E-state index contributed by atoms with van der Waals surface area (Å²) in [4.78, 5) is 28.1. The van der Waals surface area contributed by atoms with Crippen LogP contribution in [0.25, 0.3) is 0 Å². The van der Waals surface area contributed by atoms with E-state index in [1.165, 1.54) is 24.1 Å². The van der Waals surface area contributed by atoms with Gasteiger partial charge in [0, 0.05) is 17.6 Å². The Labute approximate surface area is 232 Å². The van der Waals surface area contributed by atoms with Gasteiger partial charge in [-0.3, -0.25) is 13.9 Å². The van der Waals surface area contributed by atoms with Crippen molar-refractivity contribution in [2.24, 2.45) is 0 Å². The molecule has 1 unspecified atom stereocenters. The van der Waals surface area contributed by atoms with E-state index >= 15 is 0 Å². The summed E-state index contributed by atoms with van der Waals surface area (Å²) < 4.78 is 35.1. The highest BCUT2D eigenvalue weighted by molar-refractivity contribution is 9.10. The van der Waals surface area contributed by atoms with Gasteiger partial charge in [-0.15, -0.1) is 0 Å². The average Bonchev–Trinajstić information content (AvgIpc) is 2.90. The first kappa shape index (κ1) is 29.2. The van der Waals surface area contributed by atoms with E-state index < -0.39 is 28.5 Å². The minimum Gasteiger partial charge on any atom is -0.495 e. The van der Waals surface area contributed by atoms with E-state index in [4.69, 9.17) is 4.74 Å². The average molecular weight is 603 g/mol. The number of anilines is 1. The number of amides is 2. The van der Waals surface area contributed by atoms with Crippen molar-refractivity contribution in [2.75, 3.05) is 24.5 Å². The lowest BCUT2D eigenvalue weighted by molar-refractivity contribution is -0.139. The molecule has 1 atom stereocenters. The van der Waals surface area contributed by atoms with Gasteiger partial charge in [0.1, 0.15) is 18.3 Å². The van der Waals surface area contributed by atoms with Gasteiger partial charge in [-0.2, -0.15) is 0 Å².